The molecule has 1 saturated heterocycles. The van der Waals surface area contributed by atoms with Gasteiger partial charge in [0.1, 0.15) is 12.2 Å². The summed E-state index contributed by atoms with van der Waals surface area (Å²) in [4.78, 5) is 23.8. The van der Waals surface area contributed by atoms with Gasteiger partial charge in [-0.1, -0.05) is 23.8 Å². The van der Waals surface area contributed by atoms with Crippen LogP contribution in [0, 0.1) is 5.92 Å². The highest BCUT2D eigenvalue weighted by Gasteiger charge is 2.37. The molecular weight excluding hydrogens is 304 g/mol. The maximum absolute atomic E-state index is 11.9. The van der Waals surface area contributed by atoms with Gasteiger partial charge in [0.2, 0.25) is 0 Å². The van der Waals surface area contributed by atoms with Crippen molar-refractivity contribution in [3.63, 3.8) is 0 Å². The van der Waals surface area contributed by atoms with Crippen LogP contribution in [0.25, 0.3) is 0 Å². The van der Waals surface area contributed by atoms with E-state index in [0.29, 0.717) is 12.0 Å². The average molecular weight is 328 g/mol. The minimum atomic E-state index is -0.297. The summed E-state index contributed by atoms with van der Waals surface area (Å²) in [6.45, 7) is 8.00. The smallest absolute Gasteiger partial charge is 0.334 e. The Labute approximate surface area is 142 Å². The molecule has 0 aromatic rings. The molecular formula is C20H24O4. The first-order valence-corrected chi connectivity index (χ1v) is 8.58. The molecule has 1 aliphatic carbocycles. The third-order valence-corrected chi connectivity index (χ3v) is 4.99. The topological polar surface area (TPSA) is 52.6 Å². The van der Waals surface area contributed by atoms with Gasteiger partial charge in [-0.3, -0.25) is 0 Å². The number of hydrogen-bond donors (Lipinski definition) is 0. The maximum Gasteiger partial charge on any atom is 0.334 e. The SMILES string of the molecule is C=C1C(=O)OC2/C=C(\C)CC3C=C(CC/C=C(\C)CCC12)C(=O)O3. The van der Waals surface area contributed by atoms with Gasteiger partial charge in [-0.25, -0.2) is 9.59 Å². The van der Waals surface area contributed by atoms with Gasteiger partial charge in [0.25, 0.3) is 0 Å². The Balaban J connectivity index is 1.86. The Kier molecular flexibility index (Phi) is 4.74. The van der Waals surface area contributed by atoms with Gasteiger partial charge >= 0.3 is 11.9 Å². The summed E-state index contributed by atoms with van der Waals surface area (Å²) in [5, 5.41) is 0. The molecule has 3 unspecified atom stereocenters. The Morgan fingerprint density at radius 2 is 1.83 bits per heavy atom. The maximum atomic E-state index is 11.9. The molecule has 2 heterocycles. The molecule has 0 spiro atoms. The third kappa shape index (κ3) is 3.53. The zero-order chi connectivity index (χ0) is 17.3. The standard InChI is InChI=1S/C20H24O4/c1-12-5-4-6-15-11-16(23-20(15)22)9-13(2)10-18-17(8-7-12)14(3)19(21)24-18/h5,10-11,16-18H,3-4,6-9H2,1-2H3/b12-5+,13-10+. The fourth-order valence-corrected chi connectivity index (χ4v) is 3.57. The number of ether oxygens (including phenoxy) is 2. The first kappa shape index (κ1) is 16.7. The second kappa shape index (κ2) is 6.80. The molecule has 0 saturated carbocycles. The van der Waals surface area contributed by atoms with Gasteiger partial charge in [0.05, 0.1) is 0 Å². The minimum absolute atomic E-state index is 0.0240. The van der Waals surface area contributed by atoms with E-state index in [1.807, 2.05) is 19.1 Å². The van der Waals surface area contributed by atoms with E-state index in [-0.39, 0.29) is 30.1 Å². The van der Waals surface area contributed by atoms with Crippen LogP contribution in [-0.4, -0.2) is 24.1 Å². The van der Waals surface area contributed by atoms with E-state index in [2.05, 4.69) is 19.6 Å². The quantitative estimate of drug-likeness (QED) is 0.386. The Bertz CT molecular complexity index is 665. The lowest BCUT2D eigenvalue weighted by Crippen LogP contribution is -2.16. The normalized spacial score (nSPS) is 35.7. The molecule has 0 N–H and O–H groups in total. The lowest BCUT2D eigenvalue weighted by molar-refractivity contribution is -0.139. The van der Waals surface area contributed by atoms with Crippen molar-refractivity contribution in [1.29, 1.82) is 0 Å². The minimum Gasteiger partial charge on any atom is -0.454 e. The van der Waals surface area contributed by atoms with E-state index in [1.54, 1.807) is 0 Å². The second-order valence-corrected chi connectivity index (χ2v) is 6.98. The van der Waals surface area contributed by atoms with E-state index in [0.717, 1.165) is 36.8 Å². The van der Waals surface area contributed by atoms with Gasteiger partial charge in [0.15, 0.2) is 0 Å². The van der Waals surface area contributed by atoms with Crippen molar-refractivity contribution < 1.29 is 19.1 Å². The van der Waals surface area contributed by atoms with Crippen LogP contribution in [0.4, 0.5) is 0 Å². The molecule has 2 bridgehead atoms. The molecule has 4 nitrogen and oxygen atoms in total. The van der Waals surface area contributed by atoms with Crippen molar-refractivity contribution in [2.24, 2.45) is 5.92 Å². The van der Waals surface area contributed by atoms with Crippen molar-refractivity contribution in [1.82, 2.24) is 0 Å². The lowest BCUT2D eigenvalue weighted by Gasteiger charge is -2.16. The van der Waals surface area contributed by atoms with Crippen LogP contribution in [0.2, 0.25) is 0 Å². The van der Waals surface area contributed by atoms with E-state index in [1.165, 1.54) is 5.57 Å². The summed E-state index contributed by atoms with van der Waals surface area (Å²) in [6, 6.07) is 0. The number of carbonyl (C=O) groups excluding carboxylic acids is 2. The molecule has 3 atom stereocenters. The molecule has 0 aromatic carbocycles. The van der Waals surface area contributed by atoms with Crippen molar-refractivity contribution in [3.05, 3.63) is 47.1 Å². The molecule has 1 fully saturated rings. The molecule has 3 rings (SSSR count). The Morgan fingerprint density at radius 1 is 1.04 bits per heavy atom. The molecule has 24 heavy (non-hydrogen) atoms. The number of hydrogen-bond acceptors (Lipinski definition) is 4. The van der Waals surface area contributed by atoms with E-state index >= 15 is 0 Å². The predicted molar refractivity (Wildman–Crippen MR) is 91.1 cm³/mol. The summed E-state index contributed by atoms with van der Waals surface area (Å²) < 4.78 is 10.9. The number of fused-ring (bicyclic) bond motifs is 2. The summed E-state index contributed by atoms with van der Waals surface area (Å²) in [5.41, 5.74) is 3.67. The predicted octanol–water partition coefficient (Wildman–Crippen LogP) is 3.79. The van der Waals surface area contributed by atoms with Crippen LogP contribution in [-0.2, 0) is 19.1 Å². The number of carbonyl (C=O) groups is 2. The fourth-order valence-electron chi connectivity index (χ4n) is 3.57. The molecule has 0 amide bonds. The van der Waals surface area contributed by atoms with E-state index in [4.69, 9.17) is 9.47 Å². The number of rotatable bonds is 0. The van der Waals surface area contributed by atoms with Crippen molar-refractivity contribution in [3.8, 4) is 0 Å². The lowest BCUT2D eigenvalue weighted by atomic mass is 9.89. The summed E-state index contributed by atoms with van der Waals surface area (Å²) >= 11 is 0. The van der Waals surface area contributed by atoms with E-state index in [9.17, 15) is 9.59 Å². The van der Waals surface area contributed by atoms with Crippen LogP contribution in [0.15, 0.2) is 47.1 Å². The summed E-state index contributed by atoms with van der Waals surface area (Å²) in [6.07, 6.45) is 9.56. The van der Waals surface area contributed by atoms with Gasteiger partial charge in [-0.15, -0.1) is 0 Å². The summed E-state index contributed by atoms with van der Waals surface area (Å²) in [5.74, 6) is -0.474. The van der Waals surface area contributed by atoms with E-state index < -0.39 is 0 Å². The zero-order valence-corrected chi connectivity index (χ0v) is 14.3. The van der Waals surface area contributed by atoms with Gasteiger partial charge in [-0.2, -0.15) is 0 Å². The van der Waals surface area contributed by atoms with Crippen molar-refractivity contribution in [2.75, 3.05) is 0 Å². The van der Waals surface area contributed by atoms with Gasteiger partial charge in [-0.05, 0) is 51.7 Å². The van der Waals surface area contributed by atoms with Crippen LogP contribution in [0.3, 0.4) is 0 Å². The average Bonchev–Trinajstić information content (AvgIpc) is 2.97. The first-order chi connectivity index (χ1) is 11.4. The molecule has 3 aliphatic rings. The molecule has 2 aliphatic heterocycles. The Morgan fingerprint density at radius 3 is 2.62 bits per heavy atom. The number of esters is 2. The highest BCUT2D eigenvalue weighted by atomic mass is 16.6. The Hall–Kier alpha value is -2.10. The largest absolute Gasteiger partial charge is 0.454 e. The molecule has 0 aromatic heterocycles. The van der Waals surface area contributed by atoms with Crippen LogP contribution in [0.1, 0.15) is 46.0 Å². The third-order valence-electron chi connectivity index (χ3n) is 4.99. The first-order valence-electron chi connectivity index (χ1n) is 8.58. The van der Waals surface area contributed by atoms with Gasteiger partial charge < -0.3 is 9.47 Å². The zero-order valence-electron chi connectivity index (χ0n) is 14.3. The van der Waals surface area contributed by atoms with Crippen molar-refractivity contribution >= 4 is 11.9 Å². The summed E-state index contributed by atoms with van der Waals surface area (Å²) in [7, 11) is 0. The van der Waals surface area contributed by atoms with Crippen molar-refractivity contribution in [2.45, 2.75) is 58.2 Å². The van der Waals surface area contributed by atoms with Crippen LogP contribution < -0.4 is 0 Å². The second-order valence-electron chi connectivity index (χ2n) is 6.98. The monoisotopic (exact) mass is 328 g/mol. The fraction of sp³-hybridized carbons (Fsp3) is 0.500. The van der Waals surface area contributed by atoms with Crippen LogP contribution in [0.5, 0.6) is 0 Å². The highest BCUT2D eigenvalue weighted by Crippen LogP contribution is 2.34. The van der Waals surface area contributed by atoms with Gasteiger partial charge in [0, 0.05) is 23.5 Å². The number of allylic oxidation sites excluding steroid dienone is 2. The molecule has 4 heteroatoms. The molecule has 0 radical (unpaired) electrons. The molecule has 128 valence electrons. The highest BCUT2D eigenvalue weighted by molar-refractivity contribution is 5.91. The van der Waals surface area contributed by atoms with Crippen LogP contribution >= 0.6 is 0 Å².